The summed E-state index contributed by atoms with van der Waals surface area (Å²) in [6.07, 6.45) is 4.23. The van der Waals surface area contributed by atoms with Crippen LogP contribution in [-0.4, -0.2) is 9.55 Å². The van der Waals surface area contributed by atoms with E-state index in [4.69, 9.17) is 0 Å². The van der Waals surface area contributed by atoms with Gasteiger partial charge in [0.25, 0.3) is 5.56 Å². The number of hydrogen-bond acceptors (Lipinski definition) is 3. The zero-order valence-corrected chi connectivity index (χ0v) is 13.1. The van der Waals surface area contributed by atoms with Crippen molar-refractivity contribution in [3.8, 4) is 5.69 Å². The molecule has 3 aromatic rings. The number of fused-ring (bicyclic) bond motifs is 3. The molecule has 0 spiro atoms. The first kappa shape index (κ1) is 13.5. The highest BCUT2D eigenvalue weighted by Crippen LogP contribution is 2.33. The number of nitrogens with zero attached hydrogens (tertiary/aromatic N) is 1. The maximum absolute atomic E-state index is 12.9. The smallest absolute Gasteiger partial charge is 0.298 e. The summed E-state index contributed by atoms with van der Waals surface area (Å²) < 4.78 is 1.25. The van der Waals surface area contributed by atoms with Crippen molar-refractivity contribution in [1.82, 2.24) is 9.55 Å². The van der Waals surface area contributed by atoms with Crippen LogP contribution in [0.3, 0.4) is 0 Å². The first-order chi connectivity index (χ1) is 10.6. The fourth-order valence-corrected chi connectivity index (χ4v) is 4.44. The first-order valence-electron chi connectivity index (χ1n) is 7.52. The van der Waals surface area contributed by atoms with Crippen LogP contribution in [0.15, 0.2) is 33.9 Å². The number of hydrogen-bond donors (Lipinski definition) is 1. The van der Waals surface area contributed by atoms with Crippen LogP contribution in [0.1, 0.15) is 28.8 Å². The molecule has 2 heterocycles. The largest absolute Gasteiger partial charge is 0.334 e. The molecule has 4 nitrogen and oxygen atoms in total. The summed E-state index contributed by atoms with van der Waals surface area (Å²) in [6, 6.07) is 7.45. The zero-order valence-electron chi connectivity index (χ0n) is 12.3. The molecule has 0 fully saturated rings. The summed E-state index contributed by atoms with van der Waals surface area (Å²) in [5.74, 6) is 0. The van der Waals surface area contributed by atoms with Gasteiger partial charge in [-0.2, -0.15) is 0 Å². The van der Waals surface area contributed by atoms with E-state index in [0.717, 1.165) is 41.6 Å². The number of benzene rings is 1. The van der Waals surface area contributed by atoms with Crippen molar-refractivity contribution in [1.29, 1.82) is 0 Å². The maximum atomic E-state index is 12.9. The van der Waals surface area contributed by atoms with Gasteiger partial charge in [0.1, 0.15) is 4.83 Å². The highest BCUT2D eigenvalue weighted by Gasteiger charge is 2.21. The van der Waals surface area contributed by atoms with Gasteiger partial charge < -0.3 is 0 Å². The summed E-state index contributed by atoms with van der Waals surface area (Å²) >= 11 is 1.57. The van der Waals surface area contributed by atoms with Crippen LogP contribution >= 0.6 is 11.3 Å². The number of aryl methyl sites for hydroxylation is 3. The Morgan fingerprint density at radius 1 is 1.09 bits per heavy atom. The number of aromatic nitrogens is 2. The number of nitrogens with one attached hydrogen (secondary N) is 1. The van der Waals surface area contributed by atoms with Gasteiger partial charge in [-0.3, -0.25) is 9.78 Å². The van der Waals surface area contributed by atoms with Gasteiger partial charge in [-0.05, 0) is 50.3 Å². The Labute approximate surface area is 131 Å². The lowest BCUT2D eigenvalue weighted by molar-refractivity contribution is 0.699. The SMILES string of the molecule is Cc1ccc(-n2c(=O)[nH]c3sc4c(c3c2=O)CCCC4)cc1. The van der Waals surface area contributed by atoms with Gasteiger partial charge in [0.15, 0.2) is 0 Å². The second-order valence-electron chi connectivity index (χ2n) is 5.82. The minimum absolute atomic E-state index is 0.193. The Morgan fingerprint density at radius 2 is 1.82 bits per heavy atom. The minimum atomic E-state index is -0.361. The Kier molecular flexibility index (Phi) is 3.04. The molecule has 0 bridgehead atoms. The van der Waals surface area contributed by atoms with Crippen molar-refractivity contribution < 1.29 is 0 Å². The van der Waals surface area contributed by atoms with Crippen LogP contribution in [0.25, 0.3) is 15.9 Å². The molecule has 4 rings (SSSR count). The molecule has 1 aromatic carbocycles. The molecule has 0 saturated carbocycles. The Balaban J connectivity index is 2.05. The van der Waals surface area contributed by atoms with Crippen molar-refractivity contribution >= 4 is 21.6 Å². The molecule has 112 valence electrons. The summed E-state index contributed by atoms with van der Waals surface area (Å²) in [4.78, 5) is 30.2. The molecule has 0 amide bonds. The second-order valence-corrected chi connectivity index (χ2v) is 6.93. The molecule has 0 atom stereocenters. The van der Waals surface area contributed by atoms with Gasteiger partial charge in [0, 0.05) is 4.88 Å². The third kappa shape index (κ3) is 1.96. The lowest BCUT2D eigenvalue weighted by Crippen LogP contribution is -2.33. The topological polar surface area (TPSA) is 54.9 Å². The summed E-state index contributed by atoms with van der Waals surface area (Å²) in [5, 5.41) is 0.708. The molecule has 1 aliphatic rings. The van der Waals surface area contributed by atoms with Gasteiger partial charge in [-0.25, -0.2) is 9.36 Å². The van der Waals surface area contributed by atoms with E-state index in [2.05, 4.69) is 4.98 Å². The van der Waals surface area contributed by atoms with E-state index >= 15 is 0 Å². The van der Waals surface area contributed by atoms with Crippen molar-refractivity contribution in [2.24, 2.45) is 0 Å². The van der Waals surface area contributed by atoms with Gasteiger partial charge >= 0.3 is 5.69 Å². The number of rotatable bonds is 1. The lowest BCUT2D eigenvalue weighted by atomic mass is 9.97. The summed E-state index contributed by atoms with van der Waals surface area (Å²) in [6.45, 7) is 1.98. The van der Waals surface area contributed by atoms with Crippen molar-refractivity contribution in [2.45, 2.75) is 32.6 Å². The monoisotopic (exact) mass is 312 g/mol. The predicted molar refractivity (Wildman–Crippen MR) is 89.4 cm³/mol. The van der Waals surface area contributed by atoms with E-state index < -0.39 is 0 Å². The van der Waals surface area contributed by atoms with Crippen LogP contribution in [0.4, 0.5) is 0 Å². The standard InChI is InChI=1S/C17H16N2O2S/c1-10-6-8-11(9-7-10)19-16(20)14-12-4-2-3-5-13(12)22-15(14)18-17(19)21/h6-9H,2-5H2,1H3,(H,18,21). The first-order valence-corrected chi connectivity index (χ1v) is 8.33. The highest BCUT2D eigenvalue weighted by atomic mass is 32.1. The molecule has 0 unspecified atom stereocenters. The van der Waals surface area contributed by atoms with Crippen LogP contribution < -0.4 is 11.2 Å². The lowest BCUT2D eigenvalue weighted by Gasteiger charge is -2.10. The fourth-order valence-electron chi connectivity index (χ4n) is 3.17. The molecule has 2 aromatic heterocycles. The molecule has 1 aliphatic carbocycles. The quantitative estimate of drug-likeness (QED) is 0.751. The molecule has 0 radical (unpaired) electrons. The van der Waals surface area contributed by atoms with E-state index in [-0.39, 0.29) is 11.2 Å². The van der Waals surface area contributed by atoms with E-state index in [1.165, 1.54) is 9.44 Å². The molecule has 22 heavy (non-hydrogen) atoms. The third-order valence-electron chi connectivity index (χ3n) is 4.30. The van der Waals surface area contributed by atoms with Crippen LogP contribution in [-0.2, 0) is 12.8 Å². The maximum Gasteiger partial charge on any atom is 0.334 e. The minimum Gasteiger partial charge on any atom is -0.298 e. The number of thiophene rings is 1. The fraction of sp³-hybridized carbons (Fsp3) is 0.294. The molecule has 5 heteroatoms. The van der Waals surface area contributed by atoms with Gasteiger partial charge in [-0.1, -0.05) is 17.7 Å². The van der Waals surface area contributed by atoms with Gasteiger partial charge in [0.05, 0.1) is 11.1 Å². The van der Waals surface area contributed by atoms with Crippen molar-refractivity contribution in [3.05, 3.63) is 61.1 Å². The number of H-pyrrole nitrogens is 1. The number of aromatic amines is 1. The van der Waals surface area contributed by atoms with E-state index in [1.54, 1.807) is 11.3 Å². The van der Waals surface area contributed by atoms with Crippen LogP contribution in [0.5, 0.6) is 0 Å². The van der Waals surface area contributed by atoms with Crippen LogP contribution in [0.2, 0.25) is 0 Å². The molecule has 1 N–H and O–H groups in total. The molecule has 0 aliphatic heterocycles. The second kappa shape index (κ2) is 4.95. The normalized spacial score (nSPS) is 14.2. The average Bonchev–Trinajstić information content (AvgIpc) is 2.87. The molecule has 0 saturated heterocycles. The van der Waals surface area contributed by atoms with E-state index in [1.807, 2.05) is 31.2 Å². The molecular formula is C17H16N2O2S. The van der Waals surface area contributed by atoms with Gasteiger partial charge in [-0.15, -0.1) is 11.3 Å². The molecular weight excluding hydrogens is 296 g/mol. The van der Waals surface area contributed by atoms with Gasteiger partial charge in [0.2, 0.25) is 0 Å². The third-order valence-corrected chi connectivity index (χ3v) is 5.51. The summed E-state index contributed by atoms with van der Waals surface area (Å²) in [7, 11) is 0. The summed E-state index contributed by atoms with van der Waals surface area (Å²) in [5.41, 5.74) is 2.31. The van der Waals surface area contributed by atoms with Crippen molar-refractivity contribution in [3.63, 3.8) is 0 Å². The average molecular weight is 312 g/mol. The zero-order chi connectivity index (χ0) is 15.3. The predicted octanol–water partition coefficient (Wildman–Crippen LogP) is 2.93. The Hall–Kier alpha value is -2.14. The van der Waals surface area contributed by atoms with Crippen molar-refractivity contribution in [2.75, 3.05) is 0 Å². The van der Waals surface area contributed by atoms with E-state index in [9.17, 15) is 9.59 Å². The van der Waals surface area contributed by atoms with Crippen LogP contribution in [0, 0.1) is 6.92 Å². The highest BCUT2D eigenvalue weighted by molar-refractivity contribution is 7.18. The van der Waals surface area contributed by atoms with E-state index in [0.29, 0.717) is 11.1 Å². The Morgan fingerprint density at radius 3 is 2.59 bits per heavy atom. The Bertz CT molecular complexity index is 977.